The molecule has 1 aromatic carbocycles. The van der Waals surface area contributed by atoms with Crippen LogP contribution in [0.2, 0.25) is 0 Å². The minimum atomic E-state index is -3.47. The zero-order chi connectivity index (χ0) is 19.2. The maximum absolute atomic E-state index is 12.7. The van der Waals surface area contributed by atoms with Crippen LogP contribution in [0.3, 0.4) is 0 Å². The number of hydrogen-bond acceptors (Lipinski definition) is 5. The van der Waals surface area contributed by atoms with Gasteiger partial charge in [0.15, 0.2) is 5.11 Å². The highest BCUT2D eigenvalue weighted by atomic mass is 32.2. The minimum absolute atomic E-state index is 0.243. The van der Waals surface area contributed by atoms with E-state index in [2.05, 4.69) is 10.1 Å². The molecule has 1 saturated heterocycles. The molecule has 0 aromatic heterocycles. The summed E-state index contributed by atoms with van der Waals surface area (Å²) in [7, 11) is -2.10. The van der Waals surface area contributed by atoms with E-state index in [0.29, 0.717) is 55.6 Å². The largest absolute Gasteiger partial charge is 0.469 e. The normalized spacial score (nSPS) is 15.5. The Kier molecular flexibility index (Phi) is 7.36. The fourth-order valence-corrected chi connectivity index (χ4v) is 4.34. The molecule has 0 spiro atoms. The summed E-state index contributed by atoms with van der Waals surface area (Å²) in [6, 6.07) is 6.89. The number of aryl methyl sites for hydroxylation is 1. The van der Waals surface area contributed by atoms with Gasteiger partial charge in [0, 0.05) is 39.1 Å². The van der Waals surface area contributed by atoms with Crippen LogP contribution in [0.15, 0.2) is 29.2 Å². The standard InChI is InChI=1S/C17H25N3O4S2/c1-14-5-7-15(8-6-14)26(22,23)20-12-10-19(11-13-20)17(25)18-9-3-4-16(21)24-2/h5-8H,3-4,9-13H2,1-2H3,(H,18,25). The molecule has 1 aliphatic heterocycles. The van der Waals surface area contributed by atoms with Gasteiger partial charge in [0.25, 0.3) is 0 Å². The molecule has 0 amide bonds. The van der Waals surface area contributed by atoms with Crippen molar-refractivity contribution in [3.05, 3.63) is 29.8 Å². The van der Waals surface area contributed by atoms with Gasteiger partial charge < -0.3 is 15.0 Å². The Balaban J connectivity index is 1.81. The van der Waals surface area contributed by atoms with E-state index < -0.39 is 10.0 Å². The van der Waals surface area contributed by atoms with Gasteiger partial charge in [-0.25, -0.2) is 8.42 Å². The second-order valence-corrected chi connectivity index (χ2v) is 8.44. The van der Waals surface area contributed by atoms with Crippen molar-refractivity contribution in [1.82, 2.24) is 14.5 Å². The summed E-state index contributed by atoms with van der Waals surface area (Å²) in [5.74, 6) is -0.243. The summed E-state index contributed by atoms with van der Waals surface area (Å²) in [4.78, 5) is 13.3. The van der Waals surface area contributed by atoms with E-state index in [1.165, 1.54) is 11.4 Å². The molecule has 144 valence electrons. The van der Waals surface area contributed by atoms with Gasteiger partial charge in [0.1, 0.15) is 0 Å². The maximum Gasteiger partial charge on any atom is 0.305 e. The van der Waals surface area contributed by atoms with Gasteiger partial charge in [-0.15, -0.1) is 0 Å². The van der Waals surface area contributed by atoms with Crippen molar-refractivity contribution in [3.8, 4) is 0 Å². The molecule has 9 heteroatoms. The Labute approximate surface area is 160 Å². The highest BCUT2D eigenvalue weighted by Gasteiger charge is 2.29. The van der Waals surface area contributed by atoms with Crippen molar-refractivity contribution >= 4 is 33.3 Å². The Morgan fingerprint density at radius 3 is 2.38 bits per heavy atom. The lowest BCUT2D eigenvalue weighted by Gasteiger charge is -2.35. The zero-order valence-electron chi connectivity index (χ0n) is 15.1. The van der Waals surface area contributed by atoms with Crippen molar-refractivity contribution in [2.75, 3.05) is 39.8 Å². The van der Waals surface area contributed by atoms with Crippen molar-refractivity contribution in [3.63, 3.8) is 0 Å². The average Bonchev–Trinajstić information content (AvgIpc) is 2.65. The Hall–Kier alpha value is -1.71. The number of rotatable bonds is 6. The molecule has 0 unspecified atom stereocenters. The first-order valence-electron chi connectivity index (χ1n) is 8.51. The summed E-state index contributed by atoms with van der Waals surface area (Å²) < 4.78 is 31.5. The van der Waals surface area contributed by atoms with E-state index in [9.17, 15) is 13.2 Å². The Bertz CT molecular complexity index is 727. The summed E-state index contributed by atoms with van der Waals surface area (Å²) in [6.07, 6.45) is 0.975. The summed E-state index contributed by atoms with van der Waals surface area (Å²) in [6.45, 7) is 4.35. The van der Waals surface area contributed by atoms with Crippen molar-refractivity contribution < 1.29 is 17.9 Å². The SMILES string of the molecule is COC(=O)CCCNC(=S)N1CCN(S(=O)(=O)c2ccc(C)cc2)CC1. The lowest BCUT2D eigenvalue weighted by atomic mass is 10.2. The summed E-state index contributed by atoms with van der Waals surface area (Å²) in [5, 5.41) is 3.69. The first-order valence-corrected chi connectivity index (χ1v) is 10.4. The van der Waals surface area contributed by atoms with Crippen LogP contribution in [0.5, 0.6) is 0 Å². The first kappa shape index (κ1) is 20.6. The fourth-order valence-electron chi connectivity index (χ4n) is 2.63. The van der Waals surface area contributed by atoms with Gasteiger partial charge in [-0.3, -0.25) is 4.79 Å². The molecule has 0 saturated carbocycles. The van der Waals surface area contributed by atoms with Crippen LogP contribution in [0.25, 0.3) is 0 Å². The number of methoxy groups -OCH3 is 1. The molecule has 0 aliphatic carbocycles. The fraction of sp³-hybridized carbons (Fsp3) is 0.529. The third kappa shape index (κ3) is 5.39. The van der Waals surface area contributed by atoms with Gasteiger partial charge >= 0.3 is 5.97 Å². The number of sulfonamides is 1. The van der Waals surface area contributed by atoms with Crippen LogP contribution in [0, 0.1) is 6.92 Å². The van der Waals surface area contributed by atoms with Gasteiger partial charge in [0.2, 0.25) is 10.0 Å². The first-order chi connectivity index (χ1) is 12.3. The third-order valence-electron chi connectivity index (χ3n) is 4.25. The molecule has 1 N–H and O–H groups in total. The number of esters is 1. The van der Waals surface area contributed by atoms with Crippen LogP contribution in [-0.2, 0) is 19.6 Å². The third-order valence-corrected chi connectivity index (χ3v) is 6.56. The molecule has 26 heavy (non-hydrogen) atoms. The second-order valence-electron chi connectivity index (χ2n) is 6.12. The molecule has 1 heterocycles. The number of hydrogen-bond donors (Lipinski definition) is 1. The lowest BCUT2D eigenvalue weighted by Crippen LogP contribution is -2.53. The maximum atomic E-state index is 12.7. The summed E-state index contributed by atoms with van der Waals surface area (Å²) >= 11 is 5.35. The highest BCUT2D eigenvalue weighted by Crippen LogP contribution is 2.18. The molecule has 0 atom stereocenters. The molecule has 7 nitrogen and oxygen atoms in total. The number of benzene rings is 1. The molecule has 0 radical (unpaired) electrons. The Morgan fingerprint density at radius 1 is 1.19 bits per heavy atom. The van der Waals surface area contributed by atoms with Crippen LogP contribution in [0.4, 0.5) is 0 Å². The van der Waals surface area contributed by atoms with Crippen LogP contribution in [-0.4, -0.2) is 68.5 Å². The smallest absolute Gasteiger partial charge is 0.305 e. The predicted molar refractivity (Wildman–Crippen MR) is 103 cm³/mol. The molecule has 1 fully saturated rings. The number of nitrogens with zero attached hydrogens (tertiary/aromatic N) is 2. The second kappa shape index (κ2) is 9.29. The van der Waals surface area contributed by atoms with Crippen LogP contribution < -0.4 is 5.32 Å². The molecule has 0 bridgehead atoms. The van der Waals surface area contributed by atoms with Gasteiger partial charge in [-0.05, 0) is 37.7 Å². The van der Waals surface area contributed by atoms with E-state index in [1.807, 2.05) is 11.8 Å². The van der Waals surface area contributed by atoms with E-state index in [4.69, 9.17) is 12.2 Å². The lowest BCUT2D eigenvalue weighted by molar-refractivity contribution is -0.140. The van der Waals surface area contributed by atoms with Gasteiger partial charge in [-0.1, -0.05) is 17.7 Å². The topological polar surface area (TPSA) is 79.0 Å². The van der Waals surface area contributed by atoms with E-state index >= 15 is 0 Å². The van der Waals surface area contributed by atoms with Gasteiger partial charge in [0.05, 0.1) is 12.0 Å². The van der Waals surface area contributed by atoms with Crippen molar-refractivity contribution in [1.29, 1.82) is 0 Å². The number of ether oxygens (including phenoxy) is 1. The summed E-state index contributed by atoms with van der Waals surface area (Å²) in [5.41, 5.74) is 1.03. The minimum Gasteiger partial charge on any atom is -0.469 e. The Morgan fingerprint density at radius 2 is 1.81 bits per heavy atom. The number of thiocarbonyl (C=S) groups is 1. The average molecular weight is 400 g/mol. The molecule has 1 aliphatic rings. The molecule has 2 rings (SSSR count). The van der Waals surface area contributed by atoms with Crippen molar-refractivity contribution in [2.45, 2.75) is 24.7 Å². The molecular weight excluding hydrogens is 374 g/mol. The van der Waals surface area contributed by atoms with Gasteiger partial charge in [-0.2, -0.15) is 4.31 Å². The van der Waals surface area contributed by atoms with Crippen molar-refractivity contribution in [2.24, 2.45) is 0 Å². The monoisotopic (exact) mass is 399 g/mol. The molecule has 1 aromatic rings. The number of carbonyl (C=O) groups excluding carboxylic acids is 1. The predicted octanol–water partition coefficient (Wildman–Crippen LogP) is 1.13. The quantitative estimate of drug-likeness (QED) is 0.436. The van der Waals surface area contributed by atoms with Crippen LogP contribution >= 0.6 is 12.2 Å². The number of carbonyl (C=O) groups is 1. The molecular formula is C17H25N3O4S2. The number of piperazine rings is 1. The van der Waals surface area contributed by atoms with E-state index in [-0.39, 0.29) is 5.97 Å². The number of nitrogens with one attached hydrogen (secondary N) is 1. The highest BCUT2D eigenvalue weighted by molar-refractivity contribution is 7.89. The van der Waals surface area contributed by atoms with Crippen LogP contribution in [0.1, 0.15) is 18.4 Å². The zero-order valence-corrected chi connectivity index (χ0v) is 16.7. The van der Waals surface area contributed by atoms with E-state index in [0.717, 1.165) is 5.56 Å². The van der Waals surface area contributed by atoms with E-state index in [1.54, 1.807) is 24.3 Å².